The summed E-state index contributed by atoms with van der Waals surface area (Å²) in [7, 11) is -5.13. The van der Waals surface area contributed by atoms with Crippen molar-refractivity contribution in [2.24, 2.45) is 0 Å². The number of nitrogens with zero attached hydrogens (tertiary/aromatic N) is 4. The van der Waals surface area contributed by atoms with E-state index in [0.717, 1.165) is 133 Å². The molecule has 16 rings (SSSR count). The summed E-state index contributed by atoms with van der Waals surface area (Å²) in [6.07, 6.45) is 0. The van der Waals surface area contributed by atoms with Crippen molar-refractivity contribution in [1.29, 1.82) is 0 Å². The Labute approximate surface area is 571 Å². The van der Waals surface area contributed by atoms with Gasteiger partial charge in [0.15, 0.2) is 0 Å². The van der Waals surface area contributed by atoms with Crippen LogP contribution in [0.5, 0.6) is 0 Å². The minimum Gasteiger partial charge on any atom is -0.278 e. The SMILES string of the molecule is Cc1ccc(-c2cccc3cccc(N4c5ccccc5N(c5cccc6cccc(-c7ccc(C)cc7)c56)[PH]4=O)c23)cc1.Cc1ccc(-c2cccc3cccc(N4c5ccccc5N(c5cccc6cccc(-c7ccccc7)c56)[PH]4=O)c23)cc1.[Y].[Y]. The summed E-state index contributed by atoms with van der Waals surface area (Å²) in [6.45, 7) is 6.33. The predicted octanol–water partition coefficient (Wildman–Crippen LogP) is 22.9. The van der Waals surface area contributed by atoms with E-state index in [4.69, 9.17) is 0 Å². The monoisotopic (exact) mass is 1340 g/mol. The van der Waals surface area contributed by atoms with E-state index >= 15 is 9.13 Å². The summed E-state index contributed by atoms with van der Waals surface area (Å²) >= 11 is 0. The molecule has 0 aromatic heterocycles. The predicted molar refractivity (Wildman–Crippen MR) is 371 cm³/mol. The fourth-order valence-corrected chi connectivity index (χ4v) is 16.6. The van der Waals surface area contributed by atoms with Crippen LogP contribution in [0, 0.1) is 20.8 Å². The summed E-state index contributed by atoms with van der Waals surface area (Å²) in [6, 6.07) is 104. The minimum atomic E-state index is -2.57. The fourth-order valence-electron chi connectivity index (χ4n) is 13.0. The summed E-state index contributed by atoms with van der Waals surface area (Å²) in [5.74, 6) is 0. The van der Waals surface area contributed by atoms with Crippen LogP contribution in [0.25, 0.3) is 87.6 Å². The molecule has 0 aliphatic carbocycles. The standard InChI is InChI=1S/C40H31N2OP.C39H29N2OP.2Y/c1-27-19-23-29(24-20-27)33-13-5-9-31-11-7-17-37(39(31)33)41-35-15-3-4-16-36(35)42(44(41)43)38-18-8-12-32-10-6-14-34(40(32)38)30-25-21-28(2)22-26-30;1-27-23-25-29(26-24-27)33-18-8-14-31-16-10-22-37(39(31)33)41-35-20-6-5-19-34(35)40(43(41)42)36-21-9-15-30-13-7-17-32(38(30)36)28-11-3-2-4-12-28;;/h3-26,44H,1-2H3;2-26,43H,1H3;;. The Kier molecular flexibility index (Phi) is 17.1. The third-order valence-corrected chi connectivity index (χ3v) is 20.6. The molecule has 6 nitrogen and oxygen atoms in total. The van der Waals surface area contributed by atoms with Crippen LogP contribution in [0.3, 0.4) is 0 Å². The van der Waals surface area contributed by atoms with E-state index < -0.39 is 16.2 Å². The molecule has 0 saturated heterocycles. The molecule has 424 valence electrons. The van der Waals surface area contributed by atoms with E-state index in [1.165, 1.54) is 16.7 Å². The Morgan fingerprint density at radius 3 is 0.663 bits per heavy atom. The van der Waals surface area contributed by atoms with Gasteiger partial charge in [0.2, 0.25) is 0 Å². The Hall–Kier alpha value is -8.01. The van der Waals surface area contributed by atoms with Gasteiger partial charge < -0.3 is 0 Å². The number of aryl methyl sites for hydroxylation is 3. The second kappa shape index (κ2) is 25.5. The molecular formula is C79H60N4O2P2Y2. The number of hydrogen-bond donors (Lipinski definition) is 0. The van der Waals surface area contributed by atoms with Crippen LogP contribution in [0.15, 0.2) is 297 Å². The van der Waals surface area contributed by atoms with Gasteiger partial charge in [0.05, 0.1) is 45.5 Å². The van der Waals surface area contributed by atoms with Crippen molar-refractivity contribution in [2.75, 3.05) is 18.7 Å². The molecule has 14 aromatic rings. The van der Waals surface area contributed by atoms with Crippen molar-refractivity contribution in [2.45, 2.75) is 20.8 Å². The Bertz CT molecular complexity index is 4870. The van der Waals surface area contributed by atoms with Crippen LogP contribution in [0.4, 0.5) is 45.5 Å². The van der Waals surface area contributed by atoms with Crippen molar-refractivity contribution in [3.05, 3.63) is 314 Å². The van der Waals surface area contributed by atoms with Gasteiger partial charge in [-0.2, -0.15) is 0 Å². The number of benzene rings is 14. The first-order valence-electron chi connectivity index (χ1n) is 29.6. The van der Waals surface area contributed by atoms with Crippen LogP contribution in [-0.4, -0.2) is 0 Å². The second-order valence-corrected chi connectivity index (χ2v) is 25.5. The molecular weight excluding hydrogens is 1280 g/mol. The first-order chi connectivity index (χ1) is 42.8. The van der Waals surface area contributed by atoms with Gasteiger partial charge in [-0.05, 0) is 135 Å². The molecule has 0 amide bonds. The molecule has 2 aliphatic heterocycles. The molecule has 2 heterocycles. The largest absolute Gasteiger partial charge is 0.278 e. The minimum absolute atomic E-state index is 0. The number of hydrogen-bond acceptors (Lipinski definition) is 2. The van der Waals surface area contributed by atoms with E-state index in [0.29, 0.717) is 0 Å². The molecule has 10 heteroatoms. The zero-order chi connectivity index (χ0) is 58.7. The van der Waals surface area contributed by atoms with E-state index in [2.05, 4.69) is 306 Å². The second-order valence-electron chi connectivity index (χ2n) is 22.6. The van der Waals surface area contributed by atoms with Crippen LogP contribution in [0.2, 0.25) is 0 Å². The van der Waals surface area contributed by atoms with Gasteiger partial charge in [-0.15, -0.1) is 0 Å². The Morgan fingerprint density at radius 1 is 0.213 bits per heavy atom. The summed E-state index contributed by atoms with van der Waals surface area (Å²) in [5, 5.41) is 8.90. The maximum Gasteiger partial charge on any atom is 0.260 e. The third-order valence-electron chi connectivity index (χ3n) is 17.2. The van der Waals surface area contributed by atoms with Crippen LogP contribution in [0.1, 0.15) is 16.7 Å². The fraction of sp³-hybridized carbons (Fsp3) is 0.0380. The van der Waals surface area contributed by atoms with Gasteiger partial charge in [0, 0.05) is 87.0 Å². The molecule has 1 atom stereocenters. The summed E-state index contributed by atoms with van der Waals surface area (Å²) in [5.41, 5.74) is 20.4. The van der Waals surface area contributed by atoms with Crippen molar-refractivity contribution in [3.8, 4) is 44.5 Å². The first kappa shape index (κ1) is 59.9. The first-order valence-corrected chi connectivity index (χ1v) is 32.2. The molecule has 89 heavy (non-hydrogen) atoms. The molecule has 14 aromatic carbocycles. The average molecular weight is 1340 g/mol. The van der Waals surface area contributed by atoms with Gasteiger partial charge in [0.1, 0.15) is 0 Å². The third kappa shape index (κ3) is 10.8. The van der Waals surface area contributed by atoms with Gasteiger partial charge >= 0.3 is 0 Å². The van der Waals surface area contributed by atoms with Crippen LogP contribution in [-0.2, 0) is 74.5 Å². The average Bonchev–Trinajstić information content (AvgIpc) is 1.63. The normalized spacial score (nSPS) is 13.4. The summed E-state index contributed by atoms with van der Waals surface area (Å²) < 4.78 is 38.4. The zero-order valence-corrected chi connectivity index (χ0v) is 57.2. The molecule has 0 bridgehead atoms. The molecule has 0 fully saturated rings. The van der Waals surface area contributed by atoms with Gasteiger partial charge in [-0.1, -0.05) is 265 Å². The van der Waals surface area contributed by atoms with Crippen LogP contribution < -0.4 is 18.7 Å². The molecule has 2 radical (unpaired) electrons. The Balaban J connectivity index is 0.000000160. The zero-order valence-electron chi connectivity index (χ0n) is 49.6. The van der Waals surface area contributed by atoms with Gasteiger partial charge in [-0.25, -0.2) is 0 Å². The van der Waals surface area contributed by atoms with E-state index in [-0.39, 0.29) is 65.4 Å². The van der Waals surface area contributed by atoms with Gasteiger partial charge in [-0.3, -0.25) is 27.8 Å². The number of rotatable bonds is 8. The van der Waals surface area contributed by atoms with E-state index in [9.17, 15) is 0 Å². The smallest absolute Gasteiger partial charge is 0.260 e. The number of anilines is 8. The van der Waals surface area contributed by atoms with Crippen LogP contribution >= 0.6 is 16.2 Å². The molecule has 1 unspecified atom stereocenters. The molecule has 0 saturated carbocycles. The van der Waals surface area contributed by atoms with Gasteiger partial charge in [0.25, 0.3) is 16.2 Å². The Morgan fingerprint density at radius 2 is 0.416 bits per heavy atom. The van der Waals surface area contributed by atoms with Crippen molar-refractivity contribution in [1.82, 2.24) is 0 Å². The maximum absolute atomic E-state index is 15.1. The van der Waals surface area contributed by atoms with Crippen molar-refractivity contribution >= 4 is 105 Å². The van der Waals surface area contributed by atoms with E-state index in [1.54, 1.807) is 0 Å². The molecule has 0 N–H and O–H groups in total. The quantitative estimate of drug-likeness (QED) is 0.141. The van der Waals surface area contributed by atoms with Crippen molar-refractivity contribution in [3.63, 3.8) is 0 Å². The van der Waals surface area contributed by atoms with Crippen molar-refractivity contribution < 1.29 is 74.5 Å². The number of para-hydroxylation sites is 4. The maximum atomic E-state index is 15.1. The summed E-state index contributed by atoms with van der Waals surface area (Å²) in [4.78, 5) is 0. The van der Waals surface area contributed by atoms with E-state index in [1.807, 2.05) is 30.3 Å². The molecule has 0 spiro atoms. The number of fused-ring (bicyclic) bond motifs is 6. The topological polar surface area (TPSA) is 47.1 Å². The molecule has 2 aliphatic rings.